The summed E-state index contributed by atoms with van der Waals surface area (Å²) in [5.41, 5.74) is 2.03. The summed E-state index contributed by atoms with van der Waals surface area (Å²) in [5.74, 6) is 1.17. The van der Waals surface area contributed by atoms with Gasteiger partial charge in [0.15, 0.2) is 5.65 Å². The molecule has 2 fully saturated rings. The van der Waals surface area contributed by atoms with Crippen molar-refractivity contribution >= 4 is 11.2 Å². The smallest absolute Gasteiger partial charge is 0.160 e. The molecular weight excluding hydrogens is 276 g/mol. The fourth-order valence-electron chi connectivity index (χ4n) is 3.75. The summed E-state index contributed by atoms with van der Waals surface area (Å²) in [6.45, 7) is 2.80. The molecule has 2 atom stereocenters. The van der Waals surface area contributed by atoms with E-state index in [1.165, 1.54) is 25.1 Å². The van der Waals surface area contributed by atoms with Gasteiger partial charge in [0.1, 0.15) is 11.3 Å². The van der Waals surface area contributed by atoms with Crippen LogP contribution < -0.4 is 5.32 Å². The molecule has 4 heterocycles. The Labute approximate surface area is 131 Å². The molecule has 1 N–H and O–H groups in total. The molecule has 0 bridgehead atoms. The second-order valence-corrected chi connectivity index (χ2v) is 6.47. The van der Waals surface area contributed by atoms with Crippen molar-refractivity contribution in [3.8, 4) is 0 Å². The van der Waals surface area contributed by atoms with Crippen molar-refractivity contribution in [3.63, 3.8) is 0 Å². The molecule has 2 unspecified atom stereocenters. The number of piperidine rings is 1. The zero-order chi connectivity index (χ0) is 14.8. The van der Waals surface area contributed by atoms with Gasteiger partial charge in [-0.2, -0.15) is 0 Å². The molecule has 5 nitrogen and oxygen atoms in total. The van der Waals surface area contributed by atoms with Crippen molar-refractivity contribution < 1.29 is 4.74 Å². The highest BCUT2D eigenvalue weighted by Crippen LogP contribution is 2.27. The highest BCUT2D eigenvalue weighted by molar-refractivity contribution is 5.71. The van der Waals surface area contributed by atoms with Crippen LogP contribution in [0.5, 0.6) is 0 Å². The van der Waals surface area contributed by atoms with Gasteiger partial charge in [0.2, 0.25) is 0 Å². The third-order valence-electron chi connectivity index (χ3n) is 4.86. The lowest BCUT2D eigenvalue weighted by molar-refractivity contribution is 0.0592. The summed E-state index contributed by atoms with van der Waals surface area (Å²) in [6.07, 6.45) is 9.01. The number of hydrogen-bond acceptors (Lipinski definition) is 4. The molecule has 2 aliphatic heterocycles. The molecule has 2 aromatic rings. The number of hydrogen-bond donors (Lipinski definition) is 1. The van der Waals surface area contributed by atoms with E-state index >= 15 is 0 Å². The van der Waals surface area contributed by atoms with Gasteiger partial charge in [-0.05, 0) is 44.4 Å². The number of nitrogens with zero attached hydrogens (tertiary/aromatic N) is 3. The van der Waals surface area contributed by atoms with Crippen molar-refractivity contribution in [3.05, 3.63) is 24.2 Å². The molecule has 118 valence electrons. The minimum absolute atomic E-state index is 0.382. The number of pyridine rings is 1. The van der Waals surface area contributed by atoms with Crippen LogP contribution in [0.15, 0.2) is 18.3 Å². The molecule has 2 saturated heterocycles. The number of fused-ring (bicyclic) bond motifs is 1. The molecule has 0 saturated carbocycles. The van der Waals surface area contributed by atoms with Gasteiger partial charge in [0, 0.05) is 25.3 Å². The molecule has 0 aromatic carbocycles. The summed E-state index contributed by atoms with van der Waals surface area (Å²) in [7, 11) is 0. The van der Waals surface area contributed by atoms with E-state index in [9.17, 15) is 0 Å². The lowest BCUT2D eigenvalue weighted by Crippen LogP contribution is -2.36. The first kappa shape index (κ1) is 14.2. The van der Waals surface area contributed by atoms with Crippen molar-refractivity contribution in [1.29, 1.82) is 0 Å². The van der Waals surface area contributed by atoms with E-state index in [0.29, 0.717) is 12.1 Å². The predicted octanol–water partition coefficient (Wildman–Crippen LogP) is 2.47. The van der Waals surface area contributed by atoms with Crippen LogP contribution in [0.4, 0.5) is 0 Å². The number of aromatic nitrogens is 3. The maximum Gasteiger partial charge on any atom is 0.160 e. The van der Waals surface area contributed by atoms with Crippen LogP contribution in [0.3, 0.4) is 0 Å². The molecule has 0 amide bonds. The van der Waals surface area contributed by atoms with Crippen molar-refractivity contribution in [1.82, 2.24) is 19.9 Å². The van der Waals surface area contributed by atoms with Crippen LogP contribution in [-0.2, 0) is 11.2 Å². The van der Waals surface area contributed by atoms with Gasteiger partial charge in [-0.25, -0.2) is 9.97 Å². The maximum atomic E-state index is 5.71. The summed E-state index contributed by atoms with van der Waals surface area (Å²) >= 11 is 0. The third-order valence-corrected chi connectivity index (χ3v) is 4.86. The summed E-state index contributed by atoms with van der Waals surface area (Å²) in [5, 5.41) is 3.64. The molecule has 0 spiro atoms. The Bertz CT molecular complexity index is 627. The third kappa shape index (κ3) is 2.75. The van der Waals surface area contributed by atoms with Crippen LogP contribution in [-0.4, -0.2) is 40.3 Å². The Morgan fingerprint density at radius 3 is 3.09 bits per heavy atom. The van der Waals surface area contributed by atoms with Crippen LogP contribution in [0, 0.1) is 0 Å². The van der Waals surface area contributed by atoms with E-state index in [2.05, 4.69) is 20.9 Å². The molecule has 0 radical (unpaired) electrons. The number of nitrogens with one attached hydrogen (secondary N) is 1. The first-order valence-electron chi connectivity index (χ1n) is 8.55. The maximum absolute atomic E-state index is 5.71. The Balaban J connectivity index is 1.68. The highest BCUT2D eigenvalue weighted by atomic mass is 16.5. The number of ether oxygens (including phenoxy) is 1. The van der Waals surface area contributed by atoms with E-state index in [4.69, 9.17) is 9.72 Å². The molecule has 5 heteroatoms. The molecular formula is C17H24N4O. The molecule has 2 aliphatic rings. The minimum Gasteiger partial charge on any atom is -0.379 e. The van der Waals surface area contributed by atoms with Crippen LogP contribution in [0.1, 0.15) is 44.0 Å². The van der Waals surface area contributed by atoms with E-state index in [1.807, 2.05) is 12.3 Å². The standard InChI is InChI=1S/C17H24N4O/c1-2-8-18-13(5-1)11-16-20-15-7-3-9-19-17(15)21(16)14-6-4-10-22-12-14/h3,7,9,13-14,18H,1-2,4-6,8,10-12H2. The van der Waals surface area contributed by atoms with Gasteiger partial charge in [0.25, 0.3) is 0 Å². The second kappa shape index (κ2) is 6.34. The normalized spacial score (nSPS) is 26.4. The Kier molecular flexibility index (Phi) is 4.08. The fourth-order valence-corrected chi connectivity index (χ4v) is 3.75. The minimum atomic E-state index is 0.382. The van der Waals surface area contributed by atoms with Gasteiger partial charge in [-0.1, -0.05) is 6.42 Å². The average Bonchev–Trinajstić information content (AvgIpc) is 2.94. The van der Waals surface area contributed by atoms with Crippen LogP contribution in [0.25, 0.3) is 11.2 Å². The van der Waals surface area contributed by atoms with E-state index in [-0.39, 0.29) is 0 Å². The second-order valence-electron chi connectivity index (χ2n) is 6.47. The SMILES string of the molecule is c1cnc2c(c1)nc(CC1CCCCN1)n2C1CCCOC1. The van der Waals surface area contributed by atoms with Crippen LogP contribution in [0.2, 0.25) is 0 Å². The number of imidazole rings is 1. The highest BCUT2D eigenvalue weighted by Gasteiger charge is 2.24. The quantitative estimate of drug-likeness (QED) is 0.946. The van der Waals surface area contributed by atoms with E-state index in [1.54, 1.807) is 0 Å². The summed E-state index contributed by atoms with van der Waals surface area (Å²) in [6, 6.07) is 4.97. The summed E-state index contributed by atoms with van der Waals surface area (Å²) in [4.78, 5) is 9.48. The van der Waals surface area contributed by atoms with Crippen LogP contribution >= 0.6 is 0 Å². The zero-order valence-corrected chi connectivity index (χ0v) is 13.0. The van der Waals surface area contributed by atoms with Crippen molar-refractivity contribution in [2.45, 2.75) is 50.6 Å². The first-order chi connectivity index (χ1) is 10.9. The first-order valence-corrected chi connectivity index (χ1v) is 8.55. The predicted molar refractivity (Wildman–Crippen MR) is 86.0 cm³/mol. The van der Waals surface area contributed by atoms with Gasteiger partial charge in [-0.15, -0.1) is 0 Å². The van der Waals surface area contributed by atoms with Gasteiger partial charge >= 0.3 is 0 Å². The Hall–Kier alpha value is -1.46. The molecule has 22 heavy (non-hydrogen) atoms. The van der Waals surface area contributed by atoms with Crippen molar-refractivity contribution in [2.75, 3.05) is 19.8 Å². The average molecular weight is 300 g/mol. The van der Waals surface area contributed by atoms with Gasteiger partial charge < -0.3 is 14.6 Å². The monoisotopic (exact) mass is 300 g/mol. The van der Waals surface area contributed by atoms with Gasteiger partial charge in [-0.3, -0.25) is 0 Å². The molecule has 0 aliphatic carbocycles. The van der Waals surface area contributed by atoms with Crippen molar-refractivity contribution in [2.24, 2.45) is 0 Å². The molecule has 2 aromatic heterocycles. The van der Waals surface area contributed by atoms with E-state index < -0.39 is 0 Å². The molecule has 4 rings (SSSR count). The Morgan fingerprint density at radius 1 is 1.27 bits per heavy atom. The summed E-state index contributed by atoms with van der Waals surface area (Å²) < 4.78 is 8.06. The lowest BCUT2D eigenvalue weighted by atomic mass is 10.0. The zero-order valence-electron chi connectivity index (χ0n) is 13.0. The van der Waals surface area contributed by atoms with Gasteiger partial charge in [0.05, 0.1) is 12.6 Å². The lowest BCUT2D eigenvalue weighted by Gasteiger charge is -2.27. The van der Waals surface area contributed by atoms with E-state index in [0.717, 1.165) is 50.2 Å². The topological polar surface area (TPSA) is 52.0 Å². The fraction of sp³-hybridized carbons (Fsp3) is 0.647. The Morgan fingerprint density at radius 2 is 2.27 bits per heavy atom. The number of rotatable bonds is 3. The largest absolute Gasteiger partial charge is 0.379 e.